The number of nitrogens with zero attached hydrogens (tertiary/aromatic N) is 2. The van der Waals surface area contributed by atoms with E-state index >= 15 is 0 Å². The van der Waals surface area contributed by atoms with Crippen LogP contribution in [0.4, 0.5) is 17.1 Å². The largest absolute Gasteiger partial charge is 0.497 e. The fourth-order valence-corrected chi connectivity index (χ4v) is 3.98. The number of hydrogen-bond acceptors (Lipinski definition) is 8. The second-order valence-electron chi connectivity index (χ2n) is 6.39. The van der Waals surface area contributed by atoms with Crippen molar-refractivity contribution >= 4 is 33.3 Å². The van der Waals surface area contributed by atoms with E-state index in [0.717, 1.165) is 11.6 Å². The molecule has 3 aromatic rings. The van der Waals surface area contributed by atoms with E-state index < -0.39 is 14.9 Å². The summed E-state index contributed by atoms with van der Waals surface area (Å²) in [6.45, 7) is 0. The van der Waals surface area contributed by atoms with Gasteiger partial charge in [-0.1, -0.05) is 12.1 Å². The maximum atomic E-state index is 13.1. The van der Waals surface area contributed by atoms with Crippen LogP contribution in [0.1, 0.15) is 5.56 Å². The Hall–Kier alpha value is -4.12. The Morgan fingerprint density at radius 2 is 1.69 bits per heavy atom. The van der Waals surface area contributed by atoms with Crippen LogP contribution in [0.25, 0.3) is 0 Å². The molecule has 3 aromatic carbocycles. The highest BCUT2D eigenvalue weighted by atomic mass is 32.2. The van der Waals surface area contributed by atoms with Crippen molar-refractivity contribution in [2.45, 2.75) is 4.90 Å². The first-order valence-electron chi connectivity index (χ1n) is 9.21. The van der Waals surface area contributed by atoms with Crippen molar-refractivity contribution in [3.63, 3.8) is 0 Å². The Bertz CT molecular complexity index is 1240. The predicted molar refractivity (Wildman–Crippen MR) is 121 cm³/mol. The van der Waals surface area contributed by atoms with Crippen LogP contribution in [0.15, 0.2) is 76.7 Å². The van der Waals surface area contributed by atoms with Crippen LogP contribution in [0.5, 0.6) is 11.5 Å². The van der Waals surface area contributed by atoms with Crippen molar-refractivity contribution in [2.24, 2.45) is 5.10 Å². The van der Waals surface area contributed by atoms with Gasteiger partial charge in [-0.05, 0) is 48.0 Å². The summed E-state index contributed by atoms with van der Waals surface area (Å²) in [5.74, 6) is 0.981. The number of methoxy groups -OCH3 is 2. The van der Waals surface area contributed by atoms with Gasteiger partial charge < -0.3 is 9.47 Å². The molecule has 10 nitrogen and oxygen atoms in total. The minimum Gasteiger partial charge on any atom is -0.497 e. The van der Waals surface area contributed by atoms with Crippen molar-refractivity contribution < 1.29 is 22.8 Å². The lowest BCUT2D eigenvalue weighted by Gasteiger charge is -2.14. The summed E-state index contributed by atoms with van der Waals surface area (Å²) >= 11 is 0. The van der Waals surface area contributed by atoms with Gasteiger partial charge in [0.1, 0.15) is 16.4 Å². The first-order valence-corrected chi connectivity index (χ1v) is 10.7. The standard InChI is InChI=1S/C21H20N4O6S/c1-30-17-10-7-15(8-11-17)14-22-23-19-12-9-16(25(26)27)13-21(19)32(28,29)24-18-5-3-4-6-20(18)31-2/h3-14,23-24H,1-2H3. The van der Waals surface area contributed by atoms with Crippen molar-refractivity contribution in [3.05, 3.63) is 82.4 Å². The summed E-state index contributed by atoms with van der Waals surface area (Å²) in [6.07, 6.45) is 1.48. The minimum atomic E-state index is -4.22. The lowest BCUT2D eigenvalue weighted by Crippen LogP contribution is -2.15. The summed E-state index contributed by atoms with van der Waals surface area (Å²) < 4.78 is 38.8. The molecule has 0 unspecified atom stereocenters. The average molecular weight is 456 g/mol. The molecule has 32 heavy (non-hydrogen) atoms. The van der Waals surface area contributed by atoms with Gasteiger partial charge in [-0.25, -0.2) is 8.42 Å². The Morgan fingerprint density at radius 3 is 2.34 bits per heavy atom. The number of hydrogen-bond donors (Lipinski definition) is 2. The van der Waals surface area contributed by atoms with Gasteiger partial charge in [0.05, 0.1) is 36.7 Å². The molecule has 0 aliphatic carbocycles. The summed E-state index contributed by atoms with van der Waals surface area (Å²) in [7, 11) is -1.26. The molecule has 0 heterocycles. The lowest BCUT2D eigenvalue weighted by atomic mass is 10.2. The molecule has 166 valence electrons. The number of ether oxygens (including phenoxy) is 2. The van der Waals surface area contributed by atoms with E-state index in [-0.39, 0.29) is 22.0 Å². The zero-order valence-electron chi connectivity index (χ0n) is 17.2. The molecule has 0 aliphatic heterocycles. The molecule has 0 atom stereocenters. The quantitative estimate of drug-likeness (QED) is 0.284. The van der Waals surface area contributed by atoms with E-state index in [1.54, 1.807) is 49.6 Å². The average Bonchev–Trinajstić information content (AvgIpc) is 2.79. The zero-order chi connectivity index (χ0) is 23.1. The van der Waals surface area contributed by atoms with E-state index in [1.807, 2.05) is 0 Å². The highest BCUT2D eigenvalue weighted by Crippen LogP contribution is 2.31. The number of para-hydroxylation sites is 2. The fourth-order valence-electron chi connectivity index (χ4n) is 2.73. The number of rotatable bonds is 9. The van der Waals surface area contributed by atoms with E-state index in [2.05, 4.69) is 15.2 Å². The molecular formula is C21H20N4O6S. The molecule has 0 bridgehead atoms. The molecule has 0 aromatic heterocycles. The topological polar surface area (TPSA) is 132 Å². The number of nitro benzene ring substituents is 1. The van der Waals surface area contributed by atoms with Crippen LogP contribution in [-0.4, -0.2) is 33.8 Å². The first kappa shape index (κ1) is 22.6. The van der Waals surface area contributed by atoms with Crippen LogP contribution in [0.3, 0.4) is 0 Å². The third kappa shape index (κ3) is 5.32. The lowest BCUT2D eigenvalue weighted by molar-refractivity contribution is -0.385. The van der Waals surface area contributed by atoms with Crippen molar-refractivity contribution in [3.8, 4) is 11.5 Å². The molecule has 0 radical (unpaired) electrons. The second-order valence-corrected chi connectivity index (χ2v) is 8.04. The third-order valence-electron chi connectivity index (χ3n) is 4.33. The Morgan fingerprint density at radius 1 is 0.969 bits per heavy atom. The molecule has 11 heteroatoms. The van der Waals surface area contributed by atoms with E-state index in [1.165, 1.54) is 31.5 Å². The number of sulfonamides is 1. The molecule has 3 rings (SSSR count). The van der Waals surface area contributed by atoms with Gasteiger partial charge in [0.15, 0.2) is 0 Å². The van der Waals surface area contributed by atoms with Gasteiger partial charge in [-0.2, -0.15) is 5.10 Å². The number of nitrogens with one attached hydrogen (secondary N) is 2. The number of nitro groups is 1. The molecule has 0 fully saturated rings. The molecule has 0 aliphatic rings. The maximum Gasteiger partial charge on any atom is 0.270 e. The molecule has 0 amide bonds. The Balaban J connectivity index is 1.93. The van der Waals surface area contributed by atoms with Gasteiger partial charge in [-0.3, -0.25) is 20.3 Å². The Kier molecular flexibility index (Phi) is 6.90. The monoisotopic (exact) mass is 456 g/mol. The number of anilines is 2. The summed E-state index contributed by atoms with van der Waals surface area (Å²) in [6, 6.07) is 16.9. The van der Waals surface area contributed by atoms with E-state index in [4.69, 9.17) is 9.47 Å². The molecule has 2 N–H and O–H groups in total. The maximum absolute atomic E-state index is 13.1. The summed E-state index contributed by atoms with van der Waals surface area (Å²) in [5.41, 5.74) is 3.24. The predicted octanol–water partition coefficient (Wildman–Crippen LogP) is 3.86. The molecule has 0 saturated heterocycles. The van der Waals surface area contributed by atoms with E-state index in [9.17, 15) is 18.5 Å². The van der Waals surface area contributed by atoms with Gasteiger partial charge in [0, 0.05) is 12.1 Å². The number of benzene rings is 3. The van der Waals surface area contributed by atoms with Crippen molar-refractivity contribution in [1.82, 2.24) is 0 Å². The second kappa shape index (κ2) is 9.79. The molecular weight excluding hydrogens is 436 g/mol. The Labute approximate surface area is 184 Å². The number of non-ortho nitro benzene ring substituents is 1. The number of hydrazone groups is 1. The summed E-state index contributed by atoms with van der Waals surface area (Å²) in [5, 5.41) is 15.3. The van der Waals surface area contributed by atoms with Crippen molar-refractivity contribution in [2.75, 3.05) is 24.4 Å². The van der Waals surface area contributed by atoms with Crippen LogP contribution >= 0.6 is 0 Å². The van der Waals surface area contributed by atoms with Crippen LogP contribution in [-0.2, 0) is 10.0 Å². The zero-order valence-corrected chi connectivity index (χ0v) is 18.0. The van der Waals surface area contributed by atoms with Gasteiger partial charge >= 0.3 is 0 Å². The van der Waals surface area contributed by atoms with Crippen LogP contribution in [0, 0.1) is 10.1 Å². The van der Waals surface area contributed by atoms with Crippen LogP contribution < -0.4 is 19.6 Å². The van der Waals surface area contributed by atoms with Crippen molar-refractivity contribution in [1.29, 1.82) is 0 Å². The van der Waals surface area contributed by atoms with Gasteiger partial charge in [0.2, 0.25) is 0 Å². The highest BCUT2D eigenvalue weighted by Gasteiger charge is 2.23. The molecule has 0 spiro atoms. The SMILES string of the molecule is COc1ccc(C=NNc2ccc([N+](=O)[O-])cc2S(=O)(=O)Nc2ccccc2OC)cc1. The first-order chi connectivity index (χ1) is 15.3. The summed E-state index contributed by atoms with van der Waals surface area (Å²) in [4.78, 5) is 10.2. The van der Waals surface area contributed by atoms with Crippen LogP contribution in [0.2, 0.25) is 0 Å². The molecule has 0 saturated carbocycles. The fraction of sp³-hybridized carbons (Fsp3) is 0.0952. The van der Waals surface area contributed by atoms with E-state index in [0.29, 0.717) is 11.5 Å². The van der Waals surface area contributed by atoms with Gasteiger partial charge in [-0.15, -0.1) is 0 Å². The highest BCUT2D eigenvalue weighted by molar-refractivity contribution is 7.93. The smallest absolute Gasteiger partial charge is 0.270 e. The third-order valence-corrected chi connectivity index (χ3v) is 5.74. The van der Waals surface area contributed by atoms with Gasteiger partial charge in [0.25, 0.3) is 15.7 Å². The minimum absolute atomic E-state index is 0.0581. The normalized spacial score (nSPS) is 11.2.